The van der Waals surface area contributed by atoms with E-state index in [4.69, 9.17) is 11.6 Å². The highest BCUT2D eigenvalue weighted by atomic mass is 79.9. The summed E-state index contributed by atoms with van der Waals surface area (Å²) in [6.07, 6.45) is 13.7. The van der Waals surface area contributed by atoms with Crippen molar-refractivity contribution in [2.24, 2.45) is 0 Å². The van der Waals surface area contributed by atoms with Gasteiger partial charge in [0.15, 0.2) is 0 Å². The van der Waals surface area contributed by atoms with E-state index in [1.165, 1.54) is 88.3 Å². The van der Waals surface area contributed by atoms with Crippen molar-refractivity contribution in [3.63, 3.8) is 0 Å². The summed E-state index contributed by atoms with van der Waals surface area (Å²) in [5.41, 5.74) is 0. The van der Waals surface area contributed by atoms with E-state index in [9.17, 15) is 0 Å². The summed E-state index contributed by atoms with van der Waals surface area (Å²) in [5.74, 6) is 0.818. The van der Waals surface area contributed by atoms with Gasteiger partial charge in [0.2, 0.25) is 0 Å². The van der Waals surface area contributed by atoms with Crippen LogP contribution in [0.15, 0.2) is 0 Å². The Morgan fingerprint density at radius 3 is 1.50 bits per heavy atom. The normalized spacial score (nSPS) is 13.8. The van der Waals surface area contributed by atoms with Crippen molar-refractivity contribution in [2.45, 2.75) is 78.1 Å². The number of quaternary nitrogens is 1. The number of rotatable bonds is 14. The lowest BCUT2D eigenvalue weighted by Crippen LogP contribution is -3.00. The number of unbranched alkanes of at least 4 members (excludes halogenated alkanes) is 7. The summed E-state index contributed by atoms with van der Waals surface area (Å²) in [6.45, 7) is 8.55. The molecule has 0 aromatic heterocycles. The zero-order chi connectivity index (χ0) is 14.4. The van der Waals surface area contributed by atoms with Crippen LogP contribution < -0.4 is 17.0 Å². The van der Waals surface area contributed by atoms with Gasteiger partial charge >= 0.3 is 0 Å². The van der Waals surface area contributed by atoms with Gasteiger partial charge in [-0.2, -0.15) is 0 Å². The summed E-state index contributed by atoms with van der Waals surface area (Å²) in [6, 6.07) is 0. The maximum absolute atomic E-state index is 5.88. The monoisotopic (exact) mass is 369 g/mol. The molecule has 0 rings (SSSR count). The standard InChI is InChI=1S/C17H37ClN.BrH/c1-4-6-8-10-12-16-19(3,17-13-14-18)15-11-9-7-5-2;/h4-17H2,1-3H3;1H/q+1;/p-1. The van der Waals surface area contributed by atoms with Gasteiger partial charge in [-0.05, 0) is 25.7 Å². The second kappa shape index (κ2) is 16.1. The molecule has 1 nitrogen and oxygen atoms in total. The first-order chi connectivity index (χ1) is 9.18. The van der Waals surface area contributed by atoms with Crippen LogP contribution in [-0.4, -0.2) is 37.0 Å². The Morgan fingerprint density at radius 1 is 0.650 bits per heavy atom. The smallest absolute Gasteiger partial charge is 0.0796 e. The molecule has 0 saturated carbocycles. The lowest BCUT2D eigenvalue weighted by Gasteiger charge is -2.35. The van der Waals surface area contributed by atoms with Gasteiger partial charge in [0.05, 0.1) is 26.7 Å². The first-order valence-corrected chi connectivity index (χ1v) is 9.11. The van der Waals surface area contributed by atoms with Crippen LogP contribution in [0.5, 0.6) is 0 Å². The Morgan fingerprint density at radius 2 is 1.05 bits per heavy atom. The van der Waals surface area contributed by atoms with Gasteiger partial charge in [-0.1, -0.05) is 46.0 Å². The topological polar surface area (TPSA) is 0 Å². The van der Waals surface area contributed by atoms with Crippen molar-refractivity contribution in [1.29, 1.82) is 0 Å². The fourth-order valence-corrected chi connectivity index (χ4v) is 2.91. The van der Waals surface area contributed by atoms with E-state index < -0.39 is 0 Å². The molecule has 20 heavy (non-hydrogen) atoms. The third kappa shape index (κ3) is 13.7. The van der Waals surface area contributed by atoms with E-state index in [0.29, 0.717) is 0 Å². The minimum Gasteiger partial charge on any atom is -1.00 e. The Bertz CT molecular complexity index is 190. The predicted octanol–water partition coefficient (Wildman–Crippen LogP) is 2.62. The van der Waals surface area contributed by atoms with Crippen molar-refractivity contribution in [3.8, 4) is 0 Å². The number of hydrogen-bond acceptors (Lipinski definition) is 0. The SMILES string of the molecule is CCCCCCC[N+](C)(CCCCl)CCCCCC.[Br-]. The molecule has 0 spiro atoms. The molecule has 0 aliphatic rings. The van der Waals surface area contributed by atoms with Crippen molar-refractivity contribution < 1.29 is 21.5 Å². The molecule has 0 aromatic carbocycles. The molecule has 0 aromatic rings. The lowest BCUT2D eigenvalue weighted by atomic mass is 10.1. The molecule has 1 atom stereocenters. The Kier molecular flexibility index (Phi) is 18.5. The van der Waals surface area contributed by atoms with Crippen LogP contribution in [0, 0.1) is 0 Å². The van der Waals surface area contributed by atoms with Crippen LogP contribution >= 0.6 is 11.6 Å². The van der Waals surface area contributed by atoms with Crippen LogP contribution in [0.4, 0.5) is 0 Å². The Hall–Kier alpha value is 0.730. The molecular formula is C17H37BrClN. The fraction of sp³-hybridized carbons (Fsp3) is 1.00. The summed E-state index contributed by atoms with van der Waals surface area (Å²) in [7, 11) is 2.44. The highest BCUT2D eigenvalue weighted by molar-refractivity contribution is 6.17. The molecule has 124 valence electrons. The molecule has 0 aliphatic heterocycles. The molecule has 0 saturated heterocycles. The molecule has 3 heteroatoms. The van der Waals surface area contributed by atoms with E-state index in [0.717, 1.165) is 5.88 Å². The summed E-state index contributed by atoms with van der Waals surface area (Å²) in [5, 5.41) is 0. The van der Waals surface area contributed by atoms with Crippen molar-refractivity contribution in [1.82, 2.24) is 0 Å². The highest BCUT2D eigenvalue weighted by Gasteiger charge is 2.19. The van der Waals surface area contributed by atoms with Gasteiger partial charge in [0.25, 0.3) is 0 Å². The van der Waals surface area contributed by atoms with Gasteiger partial charge in [-0.3, -0.25) is 0 Å². The number of halogens is 2. The quantitative estimate of drug-likeness (QED) is 0.250. The minimum atomic E-state index is 0. The number of nitrogens with zero attached hydrogens (tertiary/aromatic N) is 1. The molecule has 0 heterocycles. The van der Waals surface area contributed by atoms with Crippen LogP contribution in [0.2, 0.25) is 0 Å². The van der Waals surface area contributed by atoms with E-state index in [-0.39, 0.29) is 17.0 Å². The maximum atomic E-state index is 5.88. The maximum Gasteiger partial charge on any atom is 0.0796 e. The highest BCUT2D eigenvalue weighted by Crippen LogP contribution is 2.13. The van der Waals surface area contributed by atoms with Crippen molar-refractivity contribution in [2.75, 3.05) is 32.6 Å². The second-order valence-electron chi connectivity index (χ2n) is 6.31. The minimum absolute atomic E-state index is 0. The van der Waals surface area contributed by atoms with Crippen LogP contribution in [0.3, 0.4) is 0 Å². The van der Waals surface area contributed by atoms with Gasteiger partial charge in [-0.25, -0.2) is 0 Å². The molecule has 0 bridgehead atoms. The van der Waals surface area contributed by atoms with Gasteiger partial charge in [0.1, 0.15) is 0 Å². The third-order valence-corrected chi connectivity index (χ3v) is 4.45. The molecular weight excluding hydrogens is 334 g/mol. The van der Waals surface area contributed by atoms with E-state index in [1.807, 2.05) is 0 Å². The molecule has 1 unspecified atom stereocenters. The molecule has 0 radical (unpaired) electrons. The zero-order valence-electron chi connectivity index (χ0n) is 14.1. The van der Waals surface area contributed by atoms with E-state index >= 15 is 0 Å². The average Bonchev–Trinajstić information content (AvgIpc) is 2.41. The summed E-state index contributed by atoms with van der Waals surface area (Å²) < 4.78 is 1.25. The van der Waals surface area contributed by atoms with Gasteiger partial charge in [0, 0.05) is 12.3 Å². The average molecular weight is 371 g/mol. The zero-order valence-corrected chi connectivity index (χ0v) is 16.4. The predicted molar refractivity (Wildman–Crippen MR) is 89.0 cm³/mol. The van der Waals surface area contributed by atoms with Crippen LogP contribution in [-0.2, 0) is 0 Å². The fourth-order valence-electron chi connectivity index (χ4n) is 2.79. The van der Waals surface area contributed by atoms with E-state index in [1.54, 1.807) is 0 Å². The van der Waals surface area contributed by atoms with Gasteiger partial charge in [-0.15, -0.1) is 11.6 Å². The number of alkyl halides is 1. The van der Waals surface area contributed by atoms with Crippen LogP contribution in [0.25, 0.3) is 0 Å². The summed E-state index contributed by atoms with van der Waals surface area (Å²) in [4.78, 5) is 0. The molecule has 0 fully saturated rings. The van der Waals surface area contributed by atoms with E-state index in [2.05, 4.69) is 20.9 Å². The van der Waals surface area contributed by atoms with Gasteiger partial charge < -0.3 is 21.5 Å². The summed E-state index contributed by atoms with van der Waals surface area (Å²) >= 11 is 5.88. The first-order valence-electron chi connectivity index (χ1n) is 8.58. The van der Waals surface area contributed by atoms with Crippen molar-refractivity contribution in [3.05, 3.63) is 0 Å². The Labute approximate surface area is 143 Å². The Balaban J connectivity index is 0. The lowest BCUT2D eigenvalue weighted by molar-refractivity contribution is -0.910. The molecule has 0 aliphatic carbocycles. The largest absolute Gasteiger partial charge is 1.00 e. The van der Waals surface area contributed by atoms with Crippen molar-refractivity contribution >= 4 is 11.6 Å². The third-order valence-electron chi connectivity index (χ3n) is 4.18. The molecule has 0 N–H and O–H groups in total. The van der Waals surface area contributed by atoms with Crippen LogP contribution in [0.1, 0.15) is 78.1 Å². The molecule has 0 amide bonds. The second-order valence-corrected chi connectivity index (χ2v) is 6.69. The number of hydrogen-bond donors (Lipinski definition) is 0. The first kappa shape index (κ1) is 23.0.